The molecule has 1 atom stereocenters. The maximum atomic E-state index is 12.8. The van der Waals surface area contributed by atoms with Crippen molar-refractivity contribution in [2.75, 3.05) is 13.1 Å². The standard InChI is InChI=1S/C13H17FN2O/c14-11-5-3-10(4-6-11)12-2-1-8-16(12)9-7-13(15)17/h3-6,12H,1-2,7-9H2,(H2,15,17). The van der Waals surface area contributed by atoms with Gasteiger partial charge in [-0.25, -0.2) is 4.39 Å². The molecule has 1 aromatic carbocycles. The molecule has 0 aromatic heterocycles. The molecule has 1 amide bonds. The third-order valence-corrected chi connectivity index (χ3v) is 3.26. The number of hydrogen-bond donors (Lipinski definition) is 1. The van der Waals surface area contributed by atoms with Gasteiger partial charge in [-0.05, 0) is 37.1 Å². The Hall–Kier alpha value is -1.42. The summed E-state index contributed by atoms with van der Waals surface area (Å²) in [6.45, 7) is 1.67. The second-order valence-corrected chi connectivity index (χ2v) is 4.46. The summed E-state index contributed by atoms with van der Waals surface area (Å²) in [5, 5.41) is 0. The lowest BCUT2D eigenvalue weighted by atomic mass is 10.0. The molecule has 1 heterocycles. The van der Waals surface area contributed by atoms with Gasteiger partial charge in [0.1, 0.15) is 5.82 Å². The Balaban J connectivity index is 2.03. The van der Waals surface area contributed by atoms with Crippen LogP contribution in [0.3, 0.4) is 0 Å². The number of carbonyl (C=O) groups is 1. The van der Waals surface area contributed by atoms with Crippen LogP contribution in [0, 0.1) is 5.82 Å². The van der Waals surface area contributed by atoms with Gasteiger partial charge in [0, 0.05) is 19.0 Å². The second kappa shape index (κ2) is 5.27. The van der Waals surface area contributed by atoms with E-state index in [1.165, 1.54) is 12.1 Å². The Kier molecular flexibility index (Phi) is 3.74. The quantitative estimate of drug-likeness (QED) is 0.867. The number of carbonyl (C=O) groups excluding carboxylic acids is 1. The topological polar surface area (TPSA) is 46.3 Å². The molecule has 0 radical (unpaired) electrons. The van der Waals surface area contributed by atoms with Crippen LogP contribution in [0.4, 0.5) is 4.39 Å². The zero-order chi connectivity index (χ0) is 12.3. The van der Waals surface area contributed by atoms with E-state index in [1.807, 2.05) is 12.1 Å². The van der Waals surface area contributed by atoms with Crippen LogP contribution < -0.4 is 5.73 Å². The van der Waals surface area contributed by atoms with Gasteiger partial charge in [-0.3, -0.25) is 9.69 Å². The molecule has 17 heavy (non-hydrogen) atoms. The van der Waals surface area contributed by atoms with E-state index in [9.17, 15) is 9.18 Å². The van der Waals surface area contributed by atoms with E-state index in [4.69, 9.17) is 5.73 Å². The molecule has 0 bridgehead atoms. The van der Waals surface area contributed by atoms with Gasteiger partial charge in [-0.1, -0.05) is 12.1 Å². The van der Waals surface area contributed by atoms with Gasteiger partial charge in [-0.2, -0.15) is 0 Å². The maximum Gasteiger partial charge on any atom is 0.218 e. The summed E-state index contributed by atoms with van der Waals surface area (Å²) < 4.78 is 12.8. The number of nitrogens with two attached hydrogens (primary N) is 1. The Morgan fingerprint density at radius 2 is 2.12 bits per heavy atom. The predicted molar refractivity (Wildman–Crippen MR) is 63.8 cm³/mol. The Bertz CT molecular complexity index is 391. The molecular formula is C13H17FN2O. The molecule has 1 aromatic rings. The minimum Gasteiger partial charge on any atom is -0.370 e. The minimum atomic E-state index is -0.269. The molecule has 0 aliphatic carbocycles. The second-order valence-electron chi connectivity index (χ2n) is 4.46. The average Bonchev–Trinajstić information content (AvgIpc) is 2.75. The summed E-state index contributed by atoms with van der Waals surface area (Å²) in [5.41, 5.74) is 6.28. The minimum absolute atomic E-state index is 0.213. The van der Waals surface area contributed by atoms with E-state index >= 15 is 0 Å². The molecule has 2 N–H and O–H groups in total. The number of amides is 1. The number of nitrogens with zero attached hydrogens (tertiary/aromatic N) is 1. The first-order chi connectivity index (χ1) is 8.16. The average molecular weight is 236 g/mol. The van der Waals surface area contributed by atoms with Crippen molar-refractivity contribution in [1.29, 1.82) is 0 Å². The number of rotatable bonds is 4. The molecule has 4 heteroatoms. The van der Waals surface area contributed by atoms with Gasteiger partial charge >= 0.3 is 0 Å². The lowest BCUT2D eigenvalue weighted by Gasteiger charge is -2.24. The molecule has 1 aliphatic heterocycles. The highest BCUT2D eigenvalue weighted by Gasteiger charge is 2.25. The molecular weight excluding hydrogens is 219 g/mol. The summed E-state index contributed by atoms with van der Waals surface area (Å²) in [6.07, 6.45) is 2.56. The van der Waals surface area contributed by atoms with Gasteiger partial charge < -0.3 is 5.73 Å². The number of primary amides is 1. The van der Waals surface area contributed by atoms with Crippen molar-refractivity contribution in [1.82, 2.24) is 4.90 Å². The first-order valence-electron chi connectivity index (χ1n) is 5.94. The normalized spacial score (nSPS) is 20.6. The smallest absolute Gasteiger partial charge is 0.218 e. The van der Waals surface area contributed by atoms with Crippen LogP contribution in [0.5, 0.6) is 0 Å². The number of likely N-dealkylation sites (tertiary alicyclic amines) is 1. The van der Waals surface area contributed by atoms with Crippen molar-refractivity contribution in [3.05, 3.63) is 35.6 Å². The molecule has 1 unspecified atom stereocenters. The lowest BCUT2D eigenvalue weighted by molar-refractivity contribution is -0.118. The fraction of sp³-hybridized carbons (Fsp3) is 0.462. The third kappa shape index (κ3) is 3.03. The van der Waals surface area contributed by atoms with E-state index in [1.54, 1.807) is 0 Å². The van der Waals surface area contributed by atoms with Crippen molar-refractivity contribution < 1.29 is 9.18 Å². The van der Waals surface area contributed by atoms with Gasteiger partial charge in [0.2, 0.25) is 5.91 Å². The summed E-state index contributed by atoms with van der Waals surface area (Å²) >= 11 is 0. The van der Waals surface area contributed by atoms with Gasteiger partial charge in [0.25, 0.3) is 0 Å². The highest BCUT2D eigenvalue weighted by molar-refractivity contribution is 5.73. The molecule has 1 aliphatic rings. The summed E-state index contributed by atoms with van der Waals surface area (Å²) in [5.74, 6) is -0.481. The largest absolute Gasteiger partial charge is 0.370 e. The molecule has 0 spiro atoms. The van der Waals surface area contributed by atoms with Crippen molar-refractivity contribution in [3.63, 3.8) is 0 Å². The van der Waals surface area contributed by atoms with E-state index in [0.29, 0.717) is 19.0 Å². The van der Waals surface area contributed by atoms with E-state index in [2.05, 4.69) is 4.90 Å². The maximum absolute atomic E-state index is 12.8. The first-order valence-corrected chi connectivity index (χ1v) is 5.94. The molecule has 1 fully saturated rings. The van der Waals surface area contributed by atoms with Crippen LogP contribution in [0.1, 0.15) is 30.9 Å². The third-order valence-electron chi connectivity index (χ3n) is 3.26. The number of halogens is 1. The number of benzene rings is 1. The monoisotopic (exact) mass is 236 g/mol. The summed E-state index contributed by atoms with van der Waals surface area (Å²) in [6, 6.07) is 6.92. The molecule has 0 saturated carbocycles. The highest BCUT2D eigenvalue weighted by atomic mass is 19.1. The number of hydrogen-bond acceptors (Lipinski definition) is 2. The van der Waals surface area contributed by atoms with Crippen LogP contribution in [0.25, 0.3) is 0 Å². The van der Waals surface area contributed by atoms with Crippen LogP contribution in [-0.4, -0.2) is 23.9 Å². The summed E-state index contributed by atoms with van der Waals surface area (Å²) in [7, 11) is 0. The van der Waals surface area contributed by atoms with Crippen LogP contribution in [0.2, 0.25) is 0 Å². The Morgan fingerprint density at radius 3 is 2.76 bits per heavy atom. The van der Waals surface area contributed by atoms with Crippen molar-refractivity contribution >= 4 is 5.91 Å². The SMILES string of the molecule is NC(=O)CCN1CCCC1c1ccc(F)cc1. The fourth-order valence-electron chi connectivity index (χ4n) is 2.41. The lowest BCUT2D eigenvalue weighted by Crippen LogP contribution is -2.27. The highest BCUT2D eigenvalue weighted by Crippen LogP contribution is 2.31. The molecule has 3 nitrogen and oxygen atoms in total. The zero-order valence-corrected chi connectivity index (χ0v) is 9.73. The van der Waals surface area contributed by atoms with E-state index in [0.717, 1.165) is 24.9 Å². The van der Waals surface area contributed by atoms with E-state index < -0.39 is 0 Å². The van der Waals surface area contributed by atoms with Crippen molar-refractivity contribution in [3.8, 4) is 0 Å². The van der Waals surface area contributed by atoms with Crippen molar-refractivity contribution in [2.45, 2.75) is 25.3 Å². The molecule has 92 valence electrons. The first kappa shape index (κ1) is 12.0. The Labute approximate surface area is 100 Å². The van der Waals surface area contributed by atoms with Crippen LogP contribution >= 0.6 is 0 Å². The molecule has 1 saturated heterocycles. The van der Waals surface area contributed by atoms with Gasteiger partial charge in [0.05, 0.1) is 0 Å². The van der Waals surface area contributed by atoms with Gasteiger partial charge in [-0.15, -0.1) is 0 Å². The summed E-state index contributed by atoms with van der Waals surface area (Å²) in [4.78, 5) is 13.0. The van der Waals surface area contributed by atoms with Gasteiger partial charge in [0.15, 0.2) is 0 Å². The van der Waals surface area contributed by atoms with Crippen LogP contribution in [-0.2, 0) is 4.79 Å². The fourth-order valence-corrected chi connectivity index (χ4v) is 2.41. The van der Waals surface area contributed by atoms with E-state index in [-0.39, 0.29) is 11.7 Å². The van der Waals surface area contributed by atoms with Crippen molar-refractivity contribution in [2.24, 2.45) is 5.73 Å². The van der Waals surface area contributed by atoms with Crippen LogP contribution in [0.15, 0.2) is 24.3 Å². The zero-order valence-electron chi connectivity index (χ0n) is 9.73. The molecule has 2 rings (SSSR count). The predicted octanol–water partition coefficient (Wildman–Crippen LogP) is 1.84. The Morgan fingerprint density at radius 1 is 1.41 bits per heavy atom.